The molecule has 17 nitrogen and oxygen atoms in total. The molecule has 0 radical (unpaired) electrons. The van der Waals surface area contributed by atoms with Crippen LogP contribution in [0.15, 0.2) is 47.6 Å². The number of aliphatic hydroxyl groups is 2. The smallest absolute Gasteiger partial charge is 0.329 e. The van der Waals surface area contributed by atoms with Gasteiger partial charge in [0.05, 0.1) is 37.4 Å². The van der Waals surface area contributed by atoms with Crippen molar-refractivity contribution in [2.45, 2.75) is 186 Å². The van der Waals surface area contributed by atoms with Crippen molar-refractivity contribution in [3.8, 4) is 0 Å². The van der Waals surface area contributed by atoms with E-state index in [1.54, 1.807) is 41.1 Å². The van der Waals surface area contributed by atoms with Crippen LogP contribution in [0.1, 0.15) is 131 Å². The molecule has 17 heteroatoms. The number of hydrogen-bond donors (Lipinski definition) is 2. The number of nitrogens with zero attached hydrogens (tertiary/aromatic N) is 2. The highest BCUT2D eigenvalue weighted by Gasteiger charge is 2.57. The zero-order valence-electron chi connectivity index (χ0n) is 47.7. The summed E-state index contributed by atoms with van der Waals surface area (Å²) in [6.07, 6.45) is 14.3. The van der Waals surface area contributed by atoms with Crippen LogP contribution in [0.25, 0.3) is 0 Å². The van der Waals surface area contributed by atoms with E-state index in [2.05, 4.69) is 4.90 Å². The third kappa shape index (κ3) is 15.7. The van der Waals surface area contributed by atoms with E-state index in [4.69, 9.17) is 33.2 Å². The Hall–Kier alpha value is -3.94. The first-order chi connectivity index (χ1) is 36.7. The highest BCUT2D eigenvalue weighted by atomic mass is 16.6. The Labute approximate surface area is 457 Å². The lowest BCUT2D eigenvalue weighted by Gasteiger charge is -2.50. The average Bonchev–Trinajstić information content (AvgIpc) is 3.43. The van der Waals surface area contributed by atoms with E-state index in [-0.39, 0.29) is 60.5 Å². The number of ketones is 3. The predicted octanol–water partition coefficient (Wildman–Crippen LogP) is 6.70. The van der Waals surface area contributed by atoms with Crippen molar-refractivity contribution >= 4 is 35.2 Å². The van der Waals surface area contributed by atoms with Crippen LogP contribution in [0.2, 0.25) is 0 Å². The molecule has 6 aliphatic rings. The summed E-state index contributed by atoms with van der Waals surface area (Å²) < 4.78 is 41.6. The highest BCUT2D eigenvalue weighted by molar-refractivity contribution is 6.39. The number of likely N-dealkylation sites (tertiary alicyclic amines) is 1. The van der Waals surface area contributed by atoms with Gasteiger partial charge in [-0.2, -0.15) is 0 Å². The number of amides is 1. The first-order valence-electron chi connectivity index (χ1n) is 28.6. The van der Waals surface area contributed by atoms with Crippen LogP contribution < -0.4 is 0 Å². The Morgan fingerprint density at radius 2 is 1.56 bits per heavy atom. The van der Waals surface area contributed by atoms with Gasteiger partial charge in [0.15, 0.2) is 5.78 Å². The number of piperidine rings is 2. The fourth-order valence-electron chi connectivity index (χ4n) is 13.2. The van der Waals surface area contributed by atoms with Gasteiger partial charge in [-0.1, -0.05) is 64.2 Å². The third-order valence-electron chi connectivity index (χ3n) is 18.0. The molecule has 5 heterocycles. The Morgan fingerprint density at radius 1 is 0.818 bits per heavy atom. The van der Waals surface area contributed by atoms with E-state index in [9.17, 15) is 39.0 Å². The minimum atomic E-state index is -2.45. The van der Waals surface area contributed by atoms with Gasteiger partial charge < -0.3 is 53.2 Å². The van der Waals surface area contributed by atoms with Crippen LogP contribution >= 0.6 is 0 Å². The summed E-state index contributed by atoms with van der Waals surface area (Å²) in [6.45, 7) is 14.0. The summed E-state index contributed by atoms with van der Waals surface area (Å²) in [7, 11) is 6.10. The predicted molar refractivity (Wildman–Crippen MR) is 288 cm³/mol. The summed E-state index contributed by atoms with van der Waals surface area (Å²) in [5.74, 6) is -8.60. The van der Waals surface area contributed by atoms with Crippen molar-refractivity contribution in [3.05, 3.63) is 47.6 Å². The molecule has 0 spiro atoms. The van der Waals surface area contributed by atoms with Crippen molar-refractivity contribution in [1.29, 1.82) is 0 Å². The number of carbonyl (C=O) groups is 6. The first-order valence-corrected chi connectivity index (χ1v) is 28.6. The van der Waals surface area contributed by atoms with Gasteiger partial charge in [-0.25, -0.2) is 4.79 Å². The number of ether oxygens (including phenoxy) is 7. The lowest BCUT2D eigenvalue weighted by atomic mass is 9.68. The second kappa shape index (κ2) is 29.0. The lowest BCUT2D eigenvalue weighted by molar-refractivity contribution is -0.266. The normalized spacial score (nSPS) is 39.5. The number of Topliss-reactive ketones (excluding diaryl/α,β-unsaturated/α-hetero) is 3. The lowest BCUT2D eigenvalue weighted by Crippen LogP contribution is -2.65. The largest absolute Gasteiger partial charge is 0.469 e. The molecule has 5 fully saturated rings. The summed E-state index contributed by atoms with van der Waals surface area (Å²) in [6, 6.07) is -1.13. The molecule has 0 aromatic heterocycles. The van der Waals surface area contributed by atoms with E-state index in [1.165, 1.54) is 19.1 Å². The Kier molecular flexibility index (Phi) is 23.4. The maximum absolute atomic E-state index is 14.7. The number of rotatable bonds is 11. The number of allylic oxidation sites excluding steroid dienone is 6. The molecular formula is C60H92N2O15. The first kappa shape index (κ1) is 62.3. The van der Waals surface area contributed by atoms with Gasteiger partial charge in [0.2, 0.25) is 5.79 Å². The van der Waals surface area contributed by atoms with E-state index >= 15 is 0 Å². The molecule has 16 atom stereocenters. The van der Waals surface area contributed by atoms with E-state index in [0.717, 1.165) is 57.3 Å². The van der Waals surface area contributed by atoms with Crippen LogP contribution in [0.5, 0.6) is 0 Å². The molecule has 5 aliphatic heterocycles. The van der Waals surface area contributed by atoms with Gasteiger partial charge in [-0.15, -0.1) is 0 Å². The fourth-order valence-corrected chi connectivity index (χ4v) is 13.2. The van der Waals surface area contributed by atoms with Crippen molar-refractivity contribution in [2.24, 2.45) is 47.3 Å². The molecule has 4 saturated heterocycles. The van der Waals surface area contributed by atoms with Crippen LogP contribution in [-0.4, -0.2) is 171 Å². The van der Waals surface area contributed by atoms with Crippen molar-refractivity contribution < 1.29 is 72.1 Å². The summed E-state index contributed by atoms with van der Waals surface area (Å²) >= 11 is 0. The van der Waals surface area contributed by atoms with Crippen LogP contribution in [0, 0.1) is 47.3 Å². The minimum absolute atomic E-state index is 0.0153. The quantitative estimate of drug-likeness (QED) is 0.0953. The molecule has 6 rings (SSSR count). The standard InChI is InChI=1S/C60H92N2O15/c1-36-16-12-11-13-17-37(2)49(71-7)34-44-21-19-41(6)60(70,77-44)56(66)57(67)62-26-14-18-45-46(32-42-20-22-48(51(33-42)72-8)75-29-15-25-61-27-23-43(24-28-61)58(68)74-10)50(76-59(69)52(45)62)35-47(63)38(3)31-40(5)54(65)55(73-9)53(64)39(4)30-36/h11-13,16-17,31,36,38-39,41-46,48-52,54-55,65,70H,14-15,18-30,32-35H2,1-10H3/b13-11+,16-12+,37-17+,40-31+/t36-,38-,39-,41-,42+,44+,45?,46+,48-,49+,50+,51-,52+,54-,55+,60-/m1/s1. The molecule has 1 saturated carbocycles. The molecule has 1 aliphatic carbocycles. The summed E-state index contributed by atoms with van der Waals surface area (Å²) in [5.41, 5.74) is 1.28. The fraction of sp³-hybridized carbons (Fsp3) is 0.767. The number of esters is 2. The van der Waals surface area contributed by atoms with Crippen LogP contribution in [0.3, 0.4) is 0 Å². The molecule has 4 bridgehead atoms. The van der Waals surface area contributed by atoms with Gasteiger partial charge in [-0.05, 0) is 133 Å². The Bertz CT molecular complexity index is 2150. The minimum Gasteiger partial charge on any atom is -0.469 e. The highest BCUT2D eigenvalue weighted by Crippen LogP contribution is 2.46. The number of fused-ring (bicyclic) bond motifs is 4. The van der Waals surface area contributed by atoms with E-state index in [0.29, 0.717) is 63.5 Å². The molecule has 0 aromatic rings. The number of carbonyl (C=O) groups excluding carboxylic acids is 6. The average molecular weight is 1080 g/mol. The zero-order valence-corrected chi connectivity index (χ0v) is 47.7. The van der Waals surface area contributed by atoms with Gasteiger partial charge in [-0.3, -0.25) is 24.0 Å². The zero-order chi connectivity index (χ0) is 56.1. The van der Waals surface area contributed by atoms with Gasteiger partial charge in [0, 0.05) is 77.5 Å². The molecule has 1 unspecified atom stereocenters. The summed E-state index contributed by atoms with van der Waals surface area (Å²) in [4.78, 5) is 87.6. The number of aliphatic hydroxyl groups excluding tert-OH is 1. The van der Waals surface area contributed by atoms with Gasteiger partial charge in [0.1, 0.15) is 30.1 Å². The Morgan fingerprint density at radius 3 is 2.25 bits per heavy atom. The topological polar surface area (TPSA) is 214 Å². The Balaban J connectivity index is 1.25. The number of hydrogen-bond acceptors (Lipinski definition) is 16. The summed E-state index contributed by atoms with van der Waals surface area (Å²) in [5, 5.41) is 23.7. The molecule has 1 amide bonds. The second-order valence-corrected chi connectivity index (χ2v) is 23.4. The number of methoxy groups -OCH3 is 4. The maximum atomic E-state index is 14.7. The van der Waals surface area contributed by atoms with Crippen LogP contribution in [0.4, 0.5) is 0 Å². The molecule has 2 N–H and O–H groups in total. The molecule has 432 valence electrons. The van der Waals surface area contributed by atoms with Crippen LogP contribution in [-0.2, 0) is 61.9 Å². The van der Waals surface area contributed by atoms with Crippen molar-refractivity contribution in [2.75, 3.05) is 61.2 Å². The van der Waals surface area contributed by atoms with Gasteiger partial charge >= 0.3 is 11.9 Å². The van der Waals surface area contributed by atoms with E-state index in [1.807, 2.05) is 51.2 Å². The maximum Gasteiger partial charge on any atom is 0.329 e. The molecule has 77 heavy (non-hydrogen) atoms. The molecule has 0 aromatic carbocycles. The monoisotopic (exact) mass is 1080 g/mol. The molecular weight excluding hydrogens is 989 g/mol. The van der Waals surface area contributed by atoms with Gasteiger partial charge in [0.25, 0.3) is 11.7 Å². The van der Waals surface area contributed by atoms with Crippen molar-refractivity contribution in [1.82, 2.24) is 9.80 Å². The SMILES string of the molecule is COC(=O)C1CCN(CCCO[C@@H]2CC[C@@H](C[C@H]3C4CCCN5C(=O)C(=O)[C@]6(O)O[C@@H](CC[C@H]6C)C[C@H](OC)/C(C)=C/C=C/C=C/[C@@H](C)C[C@@H](C)C(=O)[C@H](OC)[C@H](O)/C(C)=C/[C@@H](C)C(=O)C[C@@H]3OC(=O)[C@H]45)C[C@H]2OC)CC1. The second-order valence-electron chi connectivity index (χ2n) is 23.4. The van der Waals surface area contributed by atoms with Crippen molar-refractivity contribution in [3.63, 3.8) is 0 Å². The third-order valence-corrected chi connectivity index (χ3v) is 18.0. The van der Waals surface area contributed by atoms with E-state index < -0.39 is 89.6 Å².